The van der Waals surface area contributed by atoms with E-state index in [0.29, 0.717) is 12.8 Å². The number of aliphatic carboxylic acids is 1. The maximum atomic E-state index is 11.4. The van der Waals surface area contributed by atoms with Gasteiger partial charge in [0.15, 0.2) is 0 Å². The van der Waals surface area contributed by atoms with Gasteiger partial charge in [0.2, 0.25) is 0 Å². The number of benzene rings is 1. The smallest absolute Gasteiger partial charge is 0.307 e. The Hall–Kier alpha value is -0.650. The number of thiophene rings is 1. The lowest BCUT2D eigenvalue weighted by Crippen LogP contribution is -2.18. The highest BCUT2D eigenvalue weighted by molar-refractivity contribution is 9.10. The Bertz CT molecular complexity index is 580. The molecule has 19 heavy (non-hydrogen) atoms. The molecule has 0 aliphatic carbocycles. The molecule has 1 heterocycles. The van der Waals surface area contributed by atoms with Crippen LogP contribution in [0.2, 0.25) is 0 Å². The van der Waals surface area contributed by atoms with Crippen LogP contribution in [0.4, 0.5) is 0 Å². The molecule has 0 amide bonds. The van der Waals surface area contributed by atoms with Gasteiger partial charge in [0, 0.05) is 13.8 Å². The third kappa shape index (κ3) is 4.16. The summed E-state index contributed by atoms with van der Waals surface area (Å²) in [4.78, 5) is 12.5. The normalized spacial score (nSPS) is 12.3. The van der Waals surface area contributed by atoms with Crippen molar-refractivity contribution in [2.45, 2.75) is 12.8 Å². The molecule has 2 nitrogen and oxygen atoms in total. The molecule has 1 unspecified atom stereocenters. The summed E-state index contributed by atoms with van der Waals surface area (Å²) in [5.74, 6) is -1.15. The van der Waals surface area contributed by atoms with Crippen LogP contribution >= 0.6 is 43.2 Å². The number of halogens is 2. The molecule has 0 aliphatic heterocycles. The first-order valence-electron chi connectivity index (χ1n) is 5.75. The molecular formula is C14H12Br2O2S. The number of hydrogen-bond acceptors (Lipinski definition) is 2. The summed E-state index contributed by atoms with van der Waals surface area (Å²) in [7, 11) is 0. The van der Waals surface area contributed by atoms with Gasteiger partial charge < -0.3 is 5.11 Å². The van der Waals surface area contributed by atoms with Crippen molar-refractivity contribution in [3.63, 3.8) is 0 Å². The van der Waals surface area contributed by atoms with E-state index in [0.717, 1.165) is 19.4 Å². The van der Waals surface area contributed by atoms with Gasteiger partial charge in [-0.25, -0.2) is 0 Å². The molecule has 0 bridgehead atoms. The molecule has 5 heteroatoms. The first-order valence-corrected chi connectivity index (χ1v) is 8.22. The highest BCUT2D eigenvalue weighted by atomic mass is 79.9. The van der Waals surface area contributed by atoms with Gasteiger partial charge in [-0.05, 0) is 57.9 Å². The summed E-state index contributed by atoms with van der Waals surface area (Å²) in [5, 5.41) is 11.3. The minimum Gasteiger partial charge on any atom is -0.481 e. The van der Waals surface area contributed by atoms with Crippen LogP contribution in [0.5, 0.6) is 0 Å². The predicted octanol–water partition coefficient (Wildman–Crippen LogP) is 4.76. The fourth-order valence-electron chi connectivity index (χ4n) is 1.89. The van der Waals surface area contributed by atoms with E-state index in [2.05, 4.69) is 31.9 Å². The molecule has 0 aliphatic rings. The van der Waals surface area contributed by atoms with Crippen LogP contribution in [0.3, 0.4) is 0 Å². The van der Waals surface area contributed by atoms with Crippen molar-refractivity contribution >= 4 is 49.2 Å². The Kier molecular flexibility index (Phi) is 5.19. The van der Waals surface area contributed by atoms with E-state index in [4.69, 9.17) is 0 Å². The Labute approximate surface area is 132 Å². The number of hydrogen-bond donors (Lipinski definition) is 1. The van der Waals surface area contributed by atoms with Gasteiger partial charge in [-0.1, -0.05) is 28.1 Å². The molecule has 2 aromatic rings. The van der Waals surface area contributed by atoms with Gasteiger partial charge in [0.1, 0.15) is 0 Å². The van der Waals surface area contributed by atoms with E-state index in [1.54, 1.807) is 11.3 Å². The second-order valence-electron chi connectivity index (χ2n) is 4.27. The van der Waals surface area contributed by atoms with Crippen LogP contribution in [0.25, 0.3) is 0 Å². The first-order chi connectivity index (χ1) is 9.06. The van der Waals surface area contributed by atoms with Crippen molar-refractivity contribution in [2.24, 2.45) is 5.92 Å². The highest BCUT2D eigenvalue weighted by Crippen LogP contribution is 2.27. The molecule has 0 saturated carbocycles. The summed E-state index contributed by atoms with van der Waals surface area (Å²) in [6.45, 7) is 0. The second kappa shape index (κ2) is 6.68. The molecule has 0 radical (unpaired) electrons. The zero-order valence-corrected chi connectivity index (χ0v) is 14.0. The van der Waals surface area contributed by atoms with Crippen LogP contribution < -0.4 is 0 Å². The van der Waals surface area contributed by atoms with Gasteiger partial charge >= 0.3 is 5.97 Å². The van der Waals surface area contributed by atoms with E-state index in [1.165, 1.54) is 0 Å². The minimum absolute atomic E-state index is 0.399. The molecule has 0 saturated heterocycles. The number of rotatable bonds is 5. The predicted molar refractivity (Wildman–Crippen MR) is 84.7 cm³/mol. The topological polar surface area (TPSA) is 37.3 Å². The largest absolute Gasteiger partial charge is 0.481 e. The standard InChI is InChI=1S/C14H12Br2O2S/c15-11-3-1-2-9(7-11)6-10(14(17)18)8-13-12(16)4-5-19-13/h1-5,7,10H,6,8H2,(H,17,18). The quantitative estimate of drug-likeness (QED) is 0.781. The second-order valence-corrected chi connectivity index (χ2v) is 7.04. The minimum atomic E-state index is -0.750. The van der Waals surface area contributed by atoms with Crippen molar-refractivity contribution in [3.8, 4) is 0 Å². The Morgan fingerprint density at radius 2 is 2.05 bits per heavy atom. The van der Waals surface area contributed by atoms with E-state index < -0.39 is 11.9 Å². The molecule has 1 atom stereocenters. The maximum absolute atomic E-state index is 11.4. The van der Waals surface area contributed by atoms with Crippen molar-refractivity contribution in [1.29, 1.82) is 0 Å². The van der Waals surface area contributed by atoms with Crippen LogP contribution in [0, 0.1) is 5.92 Å². The molecule has 0 spiro atoms. The Morgan fingerprint density at radius 1 is 1.26 bits per heavy atom. The van der Waals surface area contributed by atoms with Crippen LogP contribution in [-0.4, -0.2) is 11.1 Å². The van der Waals surface area contributed by atoms with Crippen molar-refractivity contribution in [2.75, 3.05) is 0 Å². The van der Waals surface area contributed by atoms with Gasteiger partial charge in [-0.15, -0.1) is 11.3 Å². The number of carboxylic acid groups (broad SMARTS) is 1. The summed E-state index contributed by atoms with van der Waals surface area (Å²) in [5.41, 5.74) is 1.04. The van der Waals surface area contributed by atoms with E-state index >= 15 is 0 Å². The van der Waals surface area contributed by atoms with Gasteiger partial charge in [-0.2, -0.15) is 0 Å². The number of carbonyl (C=O) groups is 1. The average molecular weight is 404 g/mol. The Balaban J connectivity index is 2.13. The molecule has 2 rings (SSSR count). The van der Waals surface area contributed by atoms with E-state index in [9.17, 15) is 9.90 Å². The third-order valence-corrected chi connectivity index (χ3v) is 5.29. The number of carboxylic acids is 1. The SMILES string of the molecule is O=C(O)C(Cc1cccc(Br)c1)Cc1sccc1Br. The summed E-state index contributed by atoms with van der Waals surface area (Å²) in [6.07, 6.45) is 1.10. The monoisotopic (exact) mass is 402 g/mol. The highest BCUT2D eigenvalue weighted by Gasteiger charge is 2.20. The lowest BCUT2D eigenvalue weighted by Gasteiger charge is -2.12. The molecule has 1 N–H and O–H groups in total. The molecular weight excluding hydrogens is 392 g/mol. The summed E-state index contributed by atoms with van der Waals surface area (Å²) >= 11 is 8.45. The zero-order valence-electron chi connectivity index (χ0n) is 9.98. The fourth-order valence-corrected chi connectivity index (χ4v) is 3.93. The molecule has 100 valence electrons. The van der Waals surface area contributed by atoms with Crippen molar-refractivity contribution in [1.82, 2.24) is 0 Å². The third-order valence-electron chi connectivity index (χ3n) is 2.84. The molecule has 1 aromatic heterocycles. The van der Waals surface area contributed by atoms with Gasteiger partial charge in [0.25, 0.3) is 0 Å². The van der Waals surface area contributed by atoms with Gasteiger partial charge in [-0.3, -0.25) is 4.79 Å². The van der Waals surface area contributed by atoms with Crippen molar-refractivity contribution in [3.05, 3.63) is 55.1 Å². The lowest BCUT2D eigenvalue weighted by atomic mass is 9.96. The van der Waals surface area contributed by atoms with E-state index in [1.807, 2.05) is 35.7 Å². The van der Waals surface area contributed by atoms with Crippen LogP contribution in [-0.2, 0) is 17.6 Å². The van der Waals surface area contributed by atoms with Gasteiger partial charge in [0.05, 0.1) is 5.92 Å². The van der Waals surface area contributed by atoms with Crippen LogP contribution in [0.1, 0.15) is 10.4 Å². The van der Waals surface area contributed by atoms with Crippen LogP contribution in [0.15, 0.2) is 44.7 Å². The molecule has 1 aromatic carbocycles. The maximum Gasteiger partial charge on any atom is 0.307 e. The summed E-state index contributed by atoms with van der Waals surface area (Å²) < 4.78 is 1.98. The summed E-state index contributed by atoms with van der Waals surface area (Å²) in [6, 6.07) is 9.76. The average Bonchev–Trinajstić information content (AvgIpc) is 2.74. The Morgan fingerprint density at radius 3 is 2.63 bits per heavy atom. The van der Waals surface area contributed by atoms with Crippen molar-refractivity contribution < 1.29 is 9.90 Å². The molecule has 0 fully saturated rings. The van der Waals surface area contributed by atoms with E-state index in [-0.39, 0.29) is 0 Å². The lowest BCUT2D eigenvalue weighted by molar-refractivity contribution is -0.141. The first kappa shape index (κ1) is 14.8. The fraction of sp³-hybridized carbons (Fsp3) is 0.214. The zero-order chi connectivity index (χ0) is 13.8.